The minimum atomic E-state index is -4.45. The molecule has 0 aliphatic rings. The van der Waals surface area contributed by atoms with Crippen LogP contribution in [0.1, 0.15) is 11.1 Å². The number of alkyl halides is 3. The van der Waals surface area contributed by atoms with Crippen LogP contribution in [0.5, 0.6) is 5.75 Å². The summed E-state index contributed by atoms with van der Waals surface area (Å²) < 4.78 is 46.9. The molecule has 0 aliphatic heterocycles. The van der Waals surface area contributed by atoms with E-state index < -0.39 is 23.8 Å². The summed E-state index contributed by atoms with van der Waals surface area (Å²) in [7, 11) is 2.44. The van der Waals surface area contributed by atoms with Gasteiger partial charge in [0.15, 0.2) is 0 Å². The predicted octanol–water partition coefficient (Wildman–Crippen LogP) is 1.76. The summed E-state index contributed by atoms with van der Waals surface area (Å²) in [5.74, 6) is -0.601. The zero-order chi connectivity index (χ0) is 14.6. The van der Waals surface area contributed by atoms with Gasteiger partial charge < -0.3 is 15.2 Å². The van der Waals surface area contributed by atoms with Gasteiger partial charge in [-0.1, -0.05) is 6.07 Å². The van der Waals surface area contributed by atoms with E-state index in [0.29, 0.717) is 5.56 Å². The number of ether oxygens (including phenoxy) is 2. The molecule has 0 spiro atoms. The van der Waals surface area contributed by atoms with Gasteiger partial charge in [0.2, 0.25) is 0 Å². The highest BCUT2D eigenvalue weighted by atomic mass is 19.4. The summed E-state index contributed by atoms with van der Waals surface area (Å²) in [5.41, 5.74) is 5.15. The van der Waals surface area contributed by atoms with Gasteiger partial charge in [-0.15, -0.1) is 0 Å². The van der Waals surface area contributed by atoms with Crippen LogP contribution in [0.15, 0.2) is 18.2 Å². The zero-order valence-electron chi connectivity index (χ0n) is 10.5. The second kappa shape index (κ2) is 5.92. The molecule has 0 saturated carbocycles. The van der Waals surface area contributed by atoms with Gasteiger partial charge in [0.25, 0.3) is 0 Å². The fraction of sp³-hybridized carbons (Fsp3) is 0.417. The predicted molar refractivity (Wildman–Crippen MR) is 61.7 cm³/mol. The highest BCUT2D eigenvalue weighted by Gasteiger charge is 2.31. The van der Waals surface area contributed by atoms with Gasteiger partial charge in [-0.2, -0.15) is 13.2 Å². The number of benzene rings is 1. The Bertz CT molecular complexity index is 460. The Morgan fingerprint density at radius 3 is 2.47 bits per heavy atom. The molecule has 1 aromatic carbocycles. The number of halogens is 3. The van der Waals surface area contributed by atoms with Crippen LogP contribution in [0.4, 0.5) is 13.2 Å². The number of carbonyl (C=O) groups excluding carboxylic acids is 1. The maximum Gasteiger partial charge on any atom is 0.416 e. The third-order valence-electron chi connectivity index (χ3n) is 2.56. The quantitative estimate of drug-likeness (QED) is 0.852. The molecule has 19 heavy (non-hydrogen) atoms. The number of nitrogens with two attached hydrogens (primary N) is 1. The third kappa shape index (κ3) is 3.85. The summed E-state index contributed by atoms with van der Waals surface area (Å²) in [6.07, 6.45) is -4.41. The maximum atomic E-state index is 12.5. The maximum absolute atomic E-state index is 12.5. The Kier molecular flexibility index (Phi) is 4.77. The van der Waals surface area contributed by atoms with E-state index in [0.717, 1.165) is 12.1 Å². The van der Waals surface area contributed by atoms with Gasteiger partial charge in [-0.25, -0.2) is 0 Å². The molecule has 0 radical (unpaired) electrons. The Morgan fingerprint density at radius 1 is 1.37 bits per heavy atom. The van der Waals surface area contributed by atoms with E-state index in [4.69, 9.17) is 10.5 Å². The van der Waals surface area contributed by atoms with Crippen LogP contribution in [-0.4, -0.2) is 26.2 Å². The van der Waals surface area contributed by atoms with Crippen LogP contribution in [0.25, 0.3) is 0 Å². The molecule has 0 bridgehead atoms. The number of carbonyl (C=O) groups is 1. The van der Waals surface area contributed by atoms with E-state index in [2.05, 4.69) is 4.74 Å². The van der Waals surface area contributed by atoms with Crippen molar-refractivity contribution in [1.29, 1.82) is 0 Å². The van der Waals surface area contributed by atoms with E-state index in [-0.39, 0.29) is 12.2 Å². The van der Waals surface area contributed by atoms with Gasteiger partial charge in [0, 0.05) is 6.42 Å². The fourth-order valence-electron chi connectivity index (χ4n) is 1.56. The lowest BCUT2D eigenvalue weighted by Gasteiger charge is -2.14. The Labute approximate surface area is 108 Å². The molecule has 0 heterocycles. The molecule has 2 N–H and O–H groups in total. The van der Waals surface area contributed by atoms with Crippen molar-refractivity contribution in [3.8, 4) is 5.75 Å². The molecule has 0 saturated heterocycles. The van der Waals surface area contributed by atoms with Crippen molar-refractivity contribution < 1.29 is 27.4 Å². The number of hydrogen-bond donors (Lipinski definition) is 1. The first-order valence-electron chi connectivity index (χ1n) is 5.37. The lowest BCUT2D eigenvalue weighted by Crippen LogP contribution is -2.33. The minimum absolute atomic E-state index is 0.0357. The van der Waals surface area contributed by atoms with Crippen LogP contribution < -0.4 is 10.5 Å². The standard InChI is InChI=1S/C12H14F3NO3/c1-18-10-6-8(12(13,14)15)4-3-7(10)5-9(16)11(17)19-2/h3-4,6,9H,5,16H2,1-2H3. The van der Waals surface area contributed by atoms with Crippen molar-refractivity contribution in [2.45, 2.75) is 18.6 Å². The van der Waals surface area contributed by atoms with Crippen LogP contribution in [0.2, 0.25) is 0 Å². The van der Waals surface area contributed by atoms with Gasteiger partial charge >= 0.3 is 12.1 Å². The number of esters is 1. The van der Waals surface area contributed by atoms with Crippen LogP contribution >= 0.6 is 0 Å². The molecule has 0 aromatic heterocycles. The van der Waals surface area contributed by atoms with Crippen molar-refractivity contribution in [3.05, 3.63) is 29.3 Å². The molecular weight excluding hydrogens is 263 g/mol. The largest absolute Gasteiger partial charge is 0.496 e. The molecule has 0 amide bonds. The van der Waals surface area contributed by atoms with Gasteiger partial charge in [-0.05, 0) is 17.7 Å². The van der Waals surface area contributed by atoms with E-state index in [9.17, 15) is 18.0 Å². The van der Waals surface area contributed by atoms with E-state index in [1.54, 1.807) is 0 Å². The molecule has 0 aliphatic carbocycles. The first kappa shape index (κ1) is 15.3. The minimum Gasteiger partial charge on any atom is -0.496 e. The Balaban J connectivity index is 3.00. The summed E-state index contributed by atoms with van der Waals surface area (Å²) >= 11 is 0. The lowest BCUT2D eigenvalue weighted by molar-refractivity contribution is -0.142. The number of rotatable bonds is 4. The van der Waals surface area contributed by atoms with Crippen LogP contribution in [0, 0.1) is 0 Å². The van der Waals surface area contributed by atoms with Crippen molar-refractivity contribution in [1.82, 2.24) is 0 Å². The highest BCUT2D eigenvalue weighted by molar-refractivity contribution is 5.75. The molecule has 1 rings (SSSR count). The smallest absolute Gasteiger partial charge is 0.416 e. The van der Waals surface area contributed by atoms with Gasteiger partial charge in [0.1, 0.15) is 11.8 Å². The molecule has 1 unspecified atom stereocenters. The van der Waals surface area contributed by atoms with E-state index in [1.807, 2.05) is 0 Å². The number of hydrogen-bond acceptors (Lipinski definition) is 4. The molecule has 106 valence electrons. The zero-order valence-corrected chi connectivity index (χ0v) is 10.5. The molecule has 0 fully saturated rings. The van der Waals surface area contributed by atoms with Crippen LogP contribution in [-0.2, 0) is 22.1 Å². The SMILES string of the molecule is COC(=O)C(N)Cc1ccc(C(F)(F)F)cc1OC. The normalized spacial score (nSPS) is 12.9. The molecule has 7 heteroatoms. The second-order valence-corrected chi connectivity index (χ2v) is 3.86. The van der Waals surface area contributed by atoms with Gasteiger partial charge in [0.05, 0.1) is 19.8 Å². The molecule has 4 nitrogen and oxygen atoms in total. The monoisotopic (exact) mass is 277 g/mol. The summed E-state index contributed by atoms with van der Waals surface area (Å²) in [5, 5.41) is 0. The Morgan fingerprint density at radius 2 is 2.00 bits per heavy atom. The molecular formula is C12H14F3NO3. The van der Waals surface area contributed by atoms with E-state index >= 15 is 0 Å². The first-order chi connectivity index (χ1) is 8.79. The first-order valence-corrected chi connectivity index (χ1v) is 5.37. The fourth-order valence-corrected chi connectivity index (χ4v) is 1.56. The number of methoxy groups -OCH3 is 2. The van der Waals surface area contributed by atoms with Crippen molar-refractivity contribution in [3.63, 3.8) is 0 Å². The summed E-state index contributed by atoms with van der Waals surface area (Å²) in [6.45, 7) is 0. The summed E-state index contributed by atoms with van der Waals surface area (Å²) in [4.78, 5) is 11.2. The topological polar surface area (TPSA) is 61.5 Å². The van der Waals surface area contributed by atoms with Crippen molar-refractivity contribution >= 4 is 5.97 Å². The van der Waals surface area contributed by atoms with Crippen molar-refractivity contribution in [2.75, 3.05) is 14.2 Å². The lowest BCUT2D eigenvalue weighted by atomic mass is 10.0. The average molecular weight is 277 g/mol. The Hall–Kier alpha value is -1.76. The second-order valence-electron chi connectivity index (χ2n) is 3.86. The van der Waals surface area contributed by atoms with Crippen molar-refractivity contribution in [2.24, 2.45) is 5.73 Å². The highest BCUT2D eigenvalue weighted by Crippen LogP contribution is 2.33. The summed E-state index contributed by atoms with van der Waals surface area (Å²) in [6, 6.07) is 2.08. The van der Waals surface area contributed by atoms with Gasteiger partial charge in [-0.3, -0.25) is 4.79 Å². The van der Waals surface area contributed by atoms with E-state index in [1.165, 1.54) is 20.3 Å². The van der Waals surface area contributed by atoms with Crippen LogP contribution in [0.3, 0.4) is 0 Å². The average Bonchev–Trinajstić information content (AvgIpc) is 2.36. The third-order valence-corrected chi connectivity index (χ3v) is 2.56. The molecule has 1 aromatic rings. The molecule has 1 atom stereocenters.